The number of anilines is 1. The van der Waals surface area contributed by atoms with Crippen LogP contribution in [0.2, 0.25) is 0 Å². The van der Waals surface area contributed by atoms with E-state index < -0.39 is 0 Å². The fourth-order valence-corrected chi connectivity index (χ4v) is 5.45. The standard InChI is InChI=1S/C16H25N3OS2/c1-2-13-12-14-15(22-13)21-11-10-19(14)16(20)17-6-9-18-7-4-3-5-8-18/h12H,2-11H2,1H3,(H,17,20). The Bertz CT molecular complexity index is 511. The van der Waals surface area contributed by atoms with Gasteiger partial charge in [0.2, 0.25) is 0 Å². The van der Waals surface area contributed by atoms with Crippen molar-refractivity contribution in [1.29, 1.82) is 0 Å². The minimum Gasteiger partial charge on any atom is -0.336 e. The molecule has 0 radical (unpaired) electrons. The predicted molar refractivity (Wildman–Crippen MR) is 95.5 cm³/mol. The summed E-state index contributed by atoms with van der Waals surface area (Å²) >= 11 is 3.72. The monoisotopic (exact) mass is 339 g/mol. The first kappa shape index (κ1) is 16.1. The van der Waals surface area contributed by atoms with Crippen LogP contribution in [-0.2, 0) is 6.42 Å². The van der Waals surface area contributed by atoms with Crippen molar-refractivity contribution in [3.8, 4) is 0 Å². The van der Waals surface area contributed by atoms with E-state index >= 15 is 0 Å². The van der Waals surface area contributed by atoms with Crippen LogP contribution < -0.4 is 10.2 Å². The van der Waals surface area contributed by atoms with E-state index in [9.17, 15) is 4.79 Å². The van der Waals surface area contributed by atoms with Crippen molar-refractivity contribution in [3.63, 3.8) is 0 Å². The predicted octanol–water partition coefficient (Wildman–Crippen LogP) is 3.42. The number of fused-ring (bicyclic) bond motifs is 1. The minimum atomic E-state index is 0.0685. The summed E-state index contributed by atoms with van der Waals surface area (Å²) in [6, 6.07) is 2.26. The van der Waals surface area contributed by atoms with Crippen LogP contribution in [0, 0.1) is 0 Å². The third-order valence-electron chi connectivity index (χ3n) is 4.32. The molecule has 1 saturated heterocycles. The van der Waals surface area contributed by atoms with Crippen LogP contribution in [-0.4, -0.2) is 49.4 Å². The van der Waals surface area contributed by atoms with Gasteiger partial charge in [0.05, 0.1) is 9.90 Å². The number of thiophene rings is 1. The molecule has 0 bridgehead atoms. The van der Waals surface area contributed by atoms with E-state index in [2.05, 4.69) is 23.2 Å². The highest BCUT2D eigenvalue weighted by atomic mass is 32.2. The Morgan fingerprint density at radius 3 is 2.86 bits per heavy atom. The lowest BCUT2D eigenvalue weighted by molar-refractivity contribution is 0.223. The number of carbonyl (C=O) groups is 1. The van der Waals surface area contributed by atoms with Gasteiger partial charge in [-0.25, -0.2) is 4.79 Å². The van der Waals surface area contributed by atoms with Gasteiger partial charge in [0.25, 0.3) is 0 Å². The van der Waals surface area contributed by atoms with Crippen LogP contribution in [0.15, 0.2) is 10.3 Å². The van der Waals surface area contributed by atoms with Gasteiger partial charge in [-0.15, -0.1) is 23.1 Å². The number of carbonyl (C=O) groups excluding carboxylic acids is 1. The van der Waals surface area contributed by atoms with Gasteiger partial charge in [0.15, 0.2) is 0 Å². The van der Waals surface area contributed by atoms with Crippen LogP contribution >= 0.6 is 23.1 Å². The Morgan fingerprint density at radius 1 is 1.27 bits per heavy atom. The number of thioether (sulfide) groups is 1. The van der Waals surface area contributed by atoms with E-state index in [-0.39, 0.29) is 6.03 Å². The van der Waals surface area contributed by atoms with Gasteiger partial charge in [-0.05, 0) is 38.4 Å². The number of piperidine rings is 1. The second-order valence-corrected chi connectivity index (χ2v) is 8.37. The molecule has 1 N–H and O–H groups in total. The highest BCUT2D eigenvalue weighted by Crippen LogP contribution is 2.41. The molecule has 1 aromatic heterocycles. The maximum atomic E-state index is 12.5. The summed E-state index contributed by atoms with van der Waals surface area (Å²) in [5.41, 5.74) is 1.12. The normalized spacial score (nSPS) is 19.0. The Labute approximate surface area is 141 Å². The molecular formula is C16H25N3OS2. The number of hydrogen-bond donors (Lipinski definition) is 1. The van der Waals surface area contributed by atoms with Crippen molar-refractivity contribution in [2.75, 3.05) is 43.4 Å². The topological polar surface area (TPSA) is 35.6 Å². The molecule has 0 unspecified atom stereocenters. The molecule has 22 heavy (non-hydrogen) atoms. The quantitative estimate of drug-likeness (QED) is 0.913. The van der Waals surface area contributed by atoms with Crippen molar-refractivity contribution in [2.45, 2.75) is 36.8 Å². The summed E-state index contributed by atoms with van der Waals surface area (Å²) in [6.45, 7) is 7.08. The molecule has 0 atom stereocenters. The average Bonchev–Trinajstić information content (AvgIpc) is 2.99. The second kappa shape index (κ2) is 7.70. The summed E-state index contributed by atoms with van der Waals surface area (Å²) in [4.78, 5) is 18.2. The van der Waals surface area contributed by atoms with E-state index in [0.29, 0.717) is 0 Å². The zero-order chi connectivity index (χ0) is 15.4. The molecular weight excluding hydrogens is 314 g/mol. The maximum Gasteiger partial charge on any atom is 0.322 e. The number of nitrogens with zero attached hydrogens (tertiary/aromatic N) is 2. The van der Waals surface area contributed by atoms with Crippen LogP contribution in [0.4, 0.5) is 10.5 Å². The van der Waals surface area contributed by atoms with Gasteiger partial charge in [0.1, 0.15) is 0 Å². The third-order valence-corrected chi connectivity index (χ3v) is 6.84. The zero-order valence-electron chi connectivity index (χ0n) is 13.3. The van der Waals surface area contributed by atoms with Crippen LogP contribution in [0.3, 0.4) is 0 Å². The van der Waals surface area contributed by atoms with Crippen LogP contribution in [0.1, 0.15) is 31.1 Å². The molecule has 0 aliphatic carbocycles. The largest absolute Gasteiger partial charge is 0.336 e. The number of hydrogen-bond acceptors (Lipinski definition) is 4. The summed E-state index contributed by atoms with van der Waals surface area (Å²) in [7, 11) is 0. The molecule has 0 spiro atoms. The fraction of sp³-hybridized carbons (Fsp3) is 0.688. The molecule has 1 aromatic rings. The Hall–Kier alpha value is -0.720. The number of likely N-dealkylation sites (tertiary alicyclic amines) is 1. The summed E-state index contributed by atoms with van der Waals surface area (Å²) in [6.07, 6.45) is 5.00. The zero-order valence-corrected chi connectivity index (χ0v) is 14.9. The molecule has 2 amide bonds. The molecule has 6 heteroatoms. The lowest BCUT2D eigenvalue weighted by Gasteiger charge is -2.29. The smallest absolute Gasteiger partial charge is 0.322 e. The number of urea groups is 1. The summed E-state index contributed by atoms with van der Waals surface area (Å²) in [5.74, 6) is 0.996. The Balaban J connectivity index is 1.53. The molecule has 3 heterocycles. The highest BCUT2D eigenvalue weighted by Gasteiger charge is 2.25. The van der Waals surface area contributed by atoms with E-state index in [4.69, 9.17) is 0 Å². The Morgan fingerprint density at radius 2 is 2.09 bits per heavy atom. The summed E-state index contributed by atoms with van der Waals surface area (Å²) < 4.78 is 1.30. The first-order chi connectivity index (χ1) is 10.8. The molecule has 4 nitrogen and oxygen atoms in total. The average molecular weight is 340 g/mol. The number of rotatable bonds is 4. The molecule has 2 aliphatic rings. The first-order valence-corrected chi connectivity index (χ1v) is 10.1. The highest BCUT2D eigenvalue weighted by molar-refractivity contribution is 8.01. The van der Waals surface area contributed by atoms with Crippen molar-refractivity contribution in [3.05, 3.63) is 10.9 Å². The minimum absolute atomic E-state index is 0.0685. The van der Waals surface area contributed by atoms with Gasteiger partial charge in [-0.2, -0.15) is 0 Å². The van der Waals surface area contributed by atoms with Crippen molar-refractivity contribution in [2.24, 2.45) is 0 Å². The Kier molecular flexibility index (Phi) is 5.66. The van der Waals surface area contributed by atoms with E-state index in [1.165, 1.54) is 41.4 Å². The molecule has 0 saturated carbocycles. The van der Waals surface area contributed by atoms with Gasteiger partial charge >= 0.3 is 6.03 Å². The molecule has 122 valence electrons. The molecule has 1 fully saturated rings. The fourth-order valence-electron chi connectivity index (χ4n) is 3.04. The lowest BCUT2D eigenvalue weighted by Crippen LogP contribution is -2.45. The number of nitrogens with one attached hydrogen (secondary N) is 1. The van der Waals surface area contributed by atoms with Gasteiger partial charge in [-0.1, -0.05) is 13.3 Å². The maximum absolute atomic E-state index is 12.5. The van der Waals surface area contributed by atoms with Crippen molar-refractivity contribution in [1.82, 2.24) is 10.2 Å². The van der Waals surface area contributed by atoms with E-state index in [1.54, 1.807) is 0 Å². The SMILES string of the molecule is CCc1cc2c(s1)SCCN2C(=O)NCCN1CCCCC1. The molecule has 0 aromatic carbocycles. The number of aryl methyl sites for hydroxylation is 1. The lowest BCUT2D eigenvalue weighted by atomic mass is 10.1. The van der Waals surface area contributed by atoms with E-state index in [1.807, 2.05) is 28.0 Å². The van der Waals surface area contributed by atoms with Crippen LogP contribution in [0.25, 0.3) is 0 Å². The number of amides is 2. The second-order valence-electron chi connectivity index (χ2n) is 5.87. The van der Waals surface area contributed by atoms with Crippen LogP contribution in [0.5, 0.6) is 0 Å². The van der Waals surface area contributed by atoms with Crippen molar-refractivity contribution < 1.29 is 4.79 Å². The van der Waals surface area contributed by atoms with E-state index in [0.717, 1.165) is 37.5 Å². The first-order valence-electron chi connectivity index (χ1n) is 8.31. The molecule has 2 aliphatic heterocycles. The van der Waals surface area contributed by atoms with Gasteiger partial charge < -0.3 is 10.2 Å². The van der Waals surface area contributed by atoms with Crippen molar-refractivity contribution >= 4 is 34.8 Å². The van der Waals surface area contributed by atoms with Gasteiger partial charge in [0, 0.05) is 30.3 Å². The summed E-state index contributed by atoms with van der Waals surface area (Å²) in [5, 5.41) is 3.11. The third kappa shape index (κ3) is 3.78. The van der Waals surface area contributed by atoms with Gasteiger partial charge in [-0.3, -0.25) is 4.90 Å². The molecule has 3 rings (SSSR count).